The summed E-state index contributed by atoms with van der Waals surface area (Å²) >= 11 is 0. The molecule has 7 nitrogen and oxygen atoms in total. The fraction of sp³-hybridized carbons (Fsp3) is 0.759. The highest BCUT2D eigenvalue weighted by atomic mass is 16.7. The van der Waals surface area contributed by atoms with E-state index < -0.39 is 29.5 Å². The number of aliphatic hydroxyl groups excluding tert-OH is 1. The Morgan fingerprint density at radius 1 is 1.22 bits per heavy atom. The van der Waals surface area contributed by atoms with Gasteiger partial charge in [0.15, 0.2) is 24.3 Å². The Bertz CT molecular complexity index is 1000. The predicted octanol–water partition coefficient (Wildman–Crippen LogP) is 4.07. The van der Waals surface area contributed by atoms with Crippen molar-refractivity contribution in [3.8, 4) is 0 Å². The van der Waals surface area contributed by atoms with Crippen LogP contribution in [-0.2, 0) is 28.6 Å². The number of hydrogen-bond acceptors (Lipinski definition) is 7. The topological polar surface area (TPSA) is 99.1 Å². The Hall–Kier alpha value is -1.83. The van der Waals surface area contributed by atoms with Gasteiger partial charge in [-0.15, -0.1) is 0 Å². The Balaban J connectivity index is 1.49. The smallest absolute Gasteiger partial charge is 0.306 e. The second-order valence-electron chi connectivity index (χ2n) is 12.0. The summed E-state index contributed by atoms with van der Waals surface area (Å²) in [5, 5.41) is 11.7. The molecule has 4 aliphatic carbocycles. The van der Waals surface area contributed by atoms with Crippen LogP contribution in [0.15, 0.2) is 23.8 Å². The lowest BCUT2D eigenvalue weighted by molar-refractivity contribution is -0.201. The molecule has 0 spiro atoms. The van der Waals surface area contributed by atoms with E-state index in [1.165, 1.54) is 0 Å². The highest BCUT2D eigenvalue weighted by Gasteiger charge is 2.75. The molecule has 0 bridgehead atoms. The lowest BCUT2D eigenvalue weighted by atomic mass is 9.46. The van der Waals surface area contributed by atoms with E-state index >= 15 is 0 Å². The molecule has 3 saturated carbocycles. The fourth-order valence-electron chi connectivity index (χ4n) is 8.54. The standard InChI is InChI=1S/C29H40O7/c1-5-7-24(33)34-16-22(32)29-23(35-25(36-29)8-6-2)14-20-19-10-9-17-13-18(30)11-12-27(17,3)26(19)21(31)15-28(20,29)4/h11-13,19-21,23,25-26,31H,5-10,14-16H2,1-4H3/t19-,20-,21-,23+,25?,26+,27-,28-,29+/m0/s1. The van der Waals surface area contributed by atoms with Crippen LogP contribution in [0.4, 0.5) is 0 Å². The molecule has 0 aromatic heterocycles. The van der Waals surface area contributed by atoms with Crippen LogP contribution in [0, 0.1) is 28.6 Å². The van der Waals surface area contributed by atoms with E-state index in [-0.39, 0.29) is 53.7 Å². The number of ketones is 2. The zero-order chi connectivity index (χ0) is 25.9. The van der Waals surface area contributed by atoms with E-state index in [4.69, 9.17) is 14.2 Å². The molecule has 0 aromatic carbocycles. The number of fused-ring (bicyclic) bond motifs is 7. The van der Waals surface area contributed by atoms with Crippen LogP contribution in [0.5, 0.6) is 0 Å². The fourth-order valence-corrected chi connectivity index (χ4v) is 8.54. The van der Waals surface area contributed by atoms with Gasteiger partial charge in [0.2, 0.25) is 5.78 Å². The van der Waals surface area contributed by atoms with Crippen LogP contribution < -0.4 is 0 Å². The van der Waals surface area contributed by atoms with Gasteiger partial charge in [-0.3, -0.25) is 14.4 Å². The molecule has 5 rings (SSSR count). The van der Waals surface area contributed by atoms with Gasteiger partial charge < -0.3 is 19.3 Å². The van der Waals surface area contributed by atoms with Crippen molar-refractivity contribution >= 4 is 17.5 Å². The van der Waals surface area contributed by atoms with E-state index in [1.807, 2.05) is 13.0 Å². The summed E-state index contributed by atoms with van der Waals surface area (Å²) in [7, 11) is 0. The minimum atomic E-state index is -1.24. The highest BCUT2D eigenvalue weighted by Crippen LogP contribution is 2.69. The molecular weight excluding hydrogens is 460 g/mol. The third kappa shape index (κ3) is 3.60. The lowest BCUT2D eigenvalue weighted by Gasteiger charge is -2.59. The van der Waals surface area contributed by atoms with E-state index in [0.29, 0.717) is 25.7 Å². The predicted molar refractivity (Wildman–Crippen MR) is 132 cm³/mol. The Kier molecular flexibility index (Phi) is 6.58. The largest absolute Gasteiger partial charge is 0.458 e. The Morgan fingerprint density at radius 2 is 2.00 bits per heavy atom. The van der Waals surface area contributed by atoms with E-state index in [2.05, 4.69) is 20.8 Å². The Morgan fingerprint density at radius 3 is 2.72 bits per heavy atom. The van der Waals surface area contributed by atoms with Crippen molar-refractivity contribution in [1.29, 1.82) is 0 Å². The highest BCUT2D eigenvalue weighted by molar-refractivity contribution is 6.01. The molecule has 9 atom stereocenters. The van der Waals surface area contributed by atoms with Crippen LogP contribution in [0.3, 0.4) is 0 Å². The molecular formula is C29H40O7. The van der Waals surface area contributed by atoms with Crippen molar-refractivity contribution in [2.45, 2.75) is 103 Å². The SMILES string of the molecule is CCCC(=O)OCC(=O)[C@@]12OC(CCC)O[C@@H]1C[C@H]1[C@@H]3CCC4=CC(=O)C=C[C@]4(C)[C@H]3[C@@H](O)C[C@@]12C. The second kappa shape index (κ2) is 9.17. The third-order valence-electron chi connectivity index (χ3n) is 10.0. The summed E-state index contributed by atoms with van der Waals surface area (Å²) < 4.78 is 18.3. The van der Waals surface area contributed by atoms with Crippen LogP contribution in [0.2, 0.25) is 0 Å². The van der Waals surface area contributed by atoms with Gasteiger partial charge in [-0.25, -0.2) is 0 Å². The second-order valence-corrected chi connectivity index (χ2v) is 12.0. The molecule has 1 aliphatic heterocycles. The van der Waals surface area contributed by atoms with Crippen molar-refractivity contribution in [3.05, 3.63) is 23.8 Å². The number of aliphatic hydroxyl groups is 1. The monoisotopic (exact) mass is 500 g/mol. The van der Waals surface area contributed by atoms with Crippen LogP contribution in [0.1, 0.15) is 79.1 Å². The van der Waals surface area contributed by atoms with Crippen molar-refractivity contribution < 1.29 is 33.7 Å². The molecule has 198 valence electrons. The number of ether oxygens (including phenoxy) is 3. The quantitative estimate of drug-likeness (QED) is 0.526. The van der Waals surface area contributed by atoms with E-state index in [1.54, 1.807) is 12.2 Å². The lowest BCUT2D eigenvalue weighted by Crippen LogP contribution is -2.63. The summed E-state index contributed by atoms with van der Waals surface area (Å²) in [5.74, 6) is -0.398. The Labute approximate surface area is 213 Å². The van der Waals surface area contributed by atoms with Gasteiger partial charge >= 0.3 is 5.97 Å². The summed E-state index contributed by atoms with van der Waals surface area (Å²) in [6.45, 7) is 7.83. The zero-order valence-corrected chi connectivity index (χ0v) is 22.0. The molecule has 1 unspecified atom stereocenters. The van der Waals surface area contributed by atoms with Gasteiger partial charge in [0.05, 0.1) is 12.2 Å². The molecule has 5 aliphatic rings. The molecule has 0 radical (unpaired) electrons. The average Bonchev–Trinajstić information content (AvgIpc) is 3.30. The molecule has 4 fully saturated rings. The molecule has 7 heteroatoms. The van der Waals surface area contributed by atoms with Crippen molar-refractivity contribution in [3.63, 3.8) is 0 Å². The number of hydrogen-bond donors (Lipinski definition) is 1. The first-order valence-electron chi connectivity index (χ1n) is 13.7. The van der Waals surface area contributed by atoms with E-state index in [9.17, 15) is 19.5 Å². The summed E-state index contributed by atoms with van der Waals surface area (Å²) in [6, 6.07) is 0. The number of rotatable bonds is 7. The van der Waals surface area contributed by atoms with Crippen LogP contribution in [-0.4, -0.2) is 53.3 Å². The van der Waals surface area contributed by atoms with Gasteiger partial charge in [0.25, 0.3) is 0 Å². The average molecular weight is 501 g/mol. The zero-order valence-electron chi connectivity index (χ0n) is 22.0. The van der Waals surface area contributed by atoms with Crippen molar-refractivity contribution in [1.82, 2.24) is 0 Å². The van der Waals surface area contributed by atoms with Crippen molar-refractivity contribution in [2.24, 2.45) is 28.6 Å². The maximum atomic E-state index is 13.9. The number of esters is 1. The normalized spacial score (nSPS) is 44.8. The molecule has 0 aromatic rings. The molecule has 1 N–H and O–H groups in total. The first-order valence-corrected chi connectivity index (χ1v) is 13.7. The number of carbonyl (C=O) groups excluding carboxylic acids is 3. The molecule has 1 saturated heterocycles. The minimum Gasteiger partial charge on any atom is -0.458 e. The summed E-state index contributed by atoms with van der Waals surface area (Å²) in [6.07, 6.45) is 8.99. The van der Waals surface area contributed by atoms with Crippen molar-refractivity contribution in [2.75, 3.05) is 6.61 Å². The van der Waals surface area contributed by atoms with Gasteiger partial charge in [0.1, 0.15) is 0 Å². The number of Topliss-reactive ketones (excluding diaryl/α,β-unsaturated/α-hetero) is 1. The van der Waals surface area contributed by atoms with Gasteiger partial charge in [-0.2, -0.15) is 0 Å². The van der Waals surface area contributed by atoms with Crippen LogP contribution in [0.25, 0.3) is 0 Å². The molecule has 1 heterocycles. The molecule has 36 heavy (non-hydrogen) atoms. The maximum Gasteiger partial charge on any atom is 0.306 e. The molecule has 0 amide bonds. The van der Waals surface area contributed by atoms with E-state index in [0.717, 1.165) is 24.8 Å². The number of allylic oxidation sites excluding steroid dienone is 4. The maximum absolute atomic E-state index is 13.9. The first-order chi connectivity index (χ1) is 17.1. The third-order valence-corrected chi connectivity index (χ3v) is 10.0. The number of carbonyl (C=O) groups is 3. The summed E-state index contributed by atoms with van der Waals surface area (Å²) in [4.78, 5) is 38.1. The first kappa shape index (κ1) is 25.8. The minimum absolute atomic E-state index is 0.0115. The van der Waals surface area contributed by atoms with Gasteiger partial charge in [-0.1, -0.05) is 45.8 Å². The summed E-state index contributed by atoms with van der Waals surface area (Å²) in [5.41, 5.74) is -1.18. The van der Waals surface area contributed by atoms with Crippen LogP contribution >= 0.6 is 0 Å². The van der Waals surface area contributed by atoms with Gasteiger partial charge in [0, 0.05) is 23.2 Å². The van der Waals surface area contributed by atoms with Gasteiger partial charge in [-0.05, 0) is 62.5 Å².